The van der Waals surface area contributed by atoms with E-state index in [1.165, 1.54) is 0 Å². The van der Waals surface area contributed by atoms with Gasteiger partial charge in [0.2, 0.25) is 11.8 Å². The largest absolute Gasteiger partial charge is 0.436 e. The zero-order valence-electron chi connectivity index (χ0n) is 11.7. The van der Waals surface area contributed by atoms with Gasteiger partial charge in [0.1, 0.15) is 11.4 Å². The minimum atomic E-state index is -0.271. The standard InChI is InChI=1S/C16H12BrClN2O2/c1-9-2-5-14-13(6-9)20-16(22-14)10-3-4-11(17)12(7-10)19-15(21)8-18/h2-7H,8H2,1H3,(H,19,21). The fraction of sp³-hybridized carbons (Fsp3) is 0.125. The van der Waals surface area contributed by atoms with E-state index in [4.69, 9.17) is 16.0 Å². The van der Waals surface area contributed by atoms with Crippen LogP contribution in [0.3, 0.4) is 0 Å². The molecule has 3 aromatic rings. The lowest BCUT2D eigenvalue weighted by Gasteiger charge is -2.07. The molecular weight excluding hydrogens is 368 g/mol. The highest BCUT2D eigenvalue weighted by Gasteiger charge is 2.11. The molecule has 0 saturated carbocycles. The summed E-state index contributed by atoms with van der Waals surface area (Å²) in [6.45, 7) is 2.01. The Morgan fingerprint density at radius 3 is 2.91 bits per heavy atom. The number of hydrogen-bond acceptors (Lipinski definition) is 3. The Kier molecular flexibility index (Phi) is 4.18. The van der Waals surface area contributed by atoms with Gasteiger partial charge in [-0.15, -0.1) is 11.6 Å². The fourth-order valence-corrected chi connectivity index (χ4v) is 2.51. The van der Waals surface area contributed by atoms with Gasteiger partial charge < -0.3 is 9.73 Å². The summed E-state index contributed by atoms with van der Waals surface area (Å²) in [6, 6.07) is 11.3. The quantitative estimate of drug-likeness (QED) is 0.669. The molecular formula is C16H12BrClN2O2. The van der Waals surface area contributed by atoms with Crippen molar-refractivity contribution in [2.75, 3.05) is 11.2 Å². The molecule has 0 bridgehead atoms. The molecule has 1 amide bonds. The van der Waals surface area contributed by atoms with Crippen LogP contribution in [-0.2, 0) is 4.79 Å². The maximum atomic E-state index is 11.5. The average Bonchev–Trinajstić information content (AvgIpc) is 2.92. The smallest absolute Gasteiger partial charge is 0.239 e. The molecule has 6 heteroatoms. The number of carbonyl (C=O) groups excluding carboxylic acids is 1. The number of fused-ring (bicyclic) bond motifs is 1. The summed E-state index contributed by atoms with van der Waals surface area (Å²) >= 11 is 8.92. The Labute approximate surface area is 140 Å². The van der Waals surface area contributed by atoms with Crippen molar-refractivity contribution in [2.45, 2.75) is 6.92 Å². The van der Waals surface area contributed by atoms with E-state index in [0.717, 1.165) is 26.7 Å². The zero-order chi connectivity index (χ0) is 15.7. The number of alkyl halides is 1. The Balaban J connectivity index is 2.02. The topological polar surface area (TPSA) is 55.1 Å². The number of oxazole rings is 1. The highest BCUT2D eigenvalue weighted by Crippen LogP contribution is 2.30. The Bertz CT molecular complexity index is 860. The highest BCUT2D eigenvalue weighted by molar-refractivity contribution is 9.10. The summed E-state index contributed by atoms with van der Waals surface area (Å²) in [5.41, 5.74) is 4.07. The van der Waals surface area contributed by atoms with Crippen LogP contribution in [0.5, 0.6) is 0 Å². The van der Waals surface area contributed by atoms with Crippen molar-refractivity contribution in [1.82, 2.24) is 4.98 Å². The second kappa shape index (κ2) is 6.10. The van der Waals surface area contributed by atoms with E-state index in [-0.39, 0.29) is 11.8 Å². The number of hydrogen-bond donors (Lipinski definition) is 1. The van der Waals surface area contributed by atoms with Crippen LogP contribution in [-0.4, -0.2) is 16.8 Å². The summed E-state index contributed by atoms with van der Waals surface area (Å²) in [5, 5.41) is 2.73. The van der Waals surface area contributed by atoms with Crippen LogP contribution in [0.2, 0.25) is 0 Å². The zero-order valence-corrected chi connectivity index (χ0v) is 14.0. The first-order chi connectivity index (χ1) is 10.6. The van der Waals surface area contributed by atoms with Crippen LogP contribution in [0.25, 0.3) is 22.6 Å². The molecule has 2 aromatic carbocycles. The second-order valence-electron chi connectivity index (χ2n) is 4.87. The van der Waals surface area contributed by atoms with E-state index in [9.17, 15) is 4.79 Å². The summed E-state index contributed by atoms with van der Waals surface area (Å²) in [7, 11) is 0. The van der Waals surface area contributed by atoms with Crippen molar-refractivity contribution < 1.29 is 9.21 Å². The van der Waals surface area contributed by atoms with Gasteiger partial charge in [-0.1, -0.05) is 6.07 Å². The molecule has 0 saturated heterocycles. The molecule has 0 atom stereocenters. The Morgan fingerprint density at radius 1 is 1.32 bits per heavy atom. The Morgan fingerprint density at radius 2 is 2.14 bits per heavy atom. The molecule has 0 fully saturated rings. The van der Waals surface area contributed by atoms with Crippen LogP contribution >= 0.6 is 27.5 Å². The van der Waals surface area contributed by atoms with Gasteiger partial charge >= 0.3 is 0 Å². The van der Waals surface area contributed by atoms with Crippen molar-refractivity contribution in [1.29, 1.82) is 0 Å². The van der Waals surface area contributed by atoms with Gasteiger partial charge in [-0.2, -0.15) is 0 Å². The minimum absolute atomic E-state index is 0.0984. The normalized spacial score (nSPS) is 10.9. The SMILES string of the molecule is Cc1ccc2oc(-c3ccc(Br)c(NC(=O)CCl)c3)nc2c1. The Hall–Kier alpha value is -1.85. The second-order valence-corrected chi connectivity index (χ2v) is 5.99. The third kappa shape index (κ3) is 3.00. The molecule has 0 aliphatic heterocycles. The minimum Gasteiger partial charge on any atom is -0.436 e. The molecule has 1 aromatic heterocycles. The number of carbonyl (C=O) groups is 1. The van der Waals surface area contributed by atoms with Crippen LogP contribution < -0.4 is 5.32 Å². The number of rotatable bonds is 3. The van der Waals surface area contributed by atoms with Gasteiger partial charge in [0, 0.05) is 10.0 Å². The summed E-state index contributed by atoms with van der Waals surface area (Å²) < 4.78 is 6.54. The molecule has 22 heavy (non-hydrogen) atoms. The number of nitrogens with zero attached hydrogens (tertiary/aromatic N) is 1. The fourth-order valence-electron chi connectivity index (χ4n) is 2.10. The molecule has 0 spiro atoms. The number of amides is 1. The monoisotopic (exact) mass is 378 g/mol. The summed E-state index contributed by atoms with van der Waals surface area (Å²) in [4.78, 5) is 15.9. The third-order valence-electron chi connectivity index (χ3n) is 3.15. The van der Waals surface area contributed by atoms with Gasteiger partial charge in [0.15, 0.2) is 5.58 Å². The number of benzene rings is 2. The van der Waals surface area contributed by atoms with Gasteiger partial charge in [-0.25, -0.2) is 4.98 Å². The summed E-state index contributed by atoms with van der Waals surface area (Å²) in [6.07, 6.45) is 0. The van der Waals surface area contributed by atoms with Crippen molar-refractivity contribution in [3.8, 4) is 11.5 Å². The molecule has 3 rings (SSSR count). The number of aromatic nitrogens is 1. The number of halogens is 2. The predicted molar refractivity (Wildman–Crippen MR) is 91.2 cm³/mol. The van der Waals surface area contributed by atoms with Crippen LogP contribution in [0.1, 0.15) is 5.56 Å². The van der Waals surface area contributed by atoms with Crippen LogP contribution in [0, 0.1) is 6.92 Å². The maximum absolute atomic E-state index is 11.5. The van der Waals surface area contributed by atoms with Gasteiger partial charge in [0.25, 0.3) is 0 Å². The van der Waals surface area contributed by atoms with Crippen molar-refractivity contribution in [3.05, 3.63) is 46.4 Å². The molecule has 112 valence electrons. The molecule has 0 unspecified atom stereocenters. The van der Waals surface area contributed by atoms with E-state index >= 15 is 0 Å². The first-order valence-electron chi connectivity index (χ1n) is 6.60. The molecule has 0 aliphatic rings. The van der Waals surface area contributed by atoms with Gasteiger partial charge in [-0.3, -0.25) is 4.79 Å². The van der Waals surface area contributed by atoms with E-state index in [1.807, 2.05) is 37.3 Å². The van der Waals surface area contributed by atoms with E-state index in [2.05, 4.69) is 26.2 Å². The van der Waals surface area contributed by atoms with Crippen molar-refractivity contribution in [3.63, 3.8) is 0 Å². The van der Waals surface area contributed by atoms with E-state index in [0.29, 0.717) is 11.6 Å². The average molecular weight is 380 g/mol. The lowest BCUT2D eigenvalue weighted by molar-refractivity contribution is -0.113. The highest BCUT2D eigenvalue weighted by atomic mass is 79.9. The molecule has 4 nitrogen and oxygen atoms in total. The lowest BCUT2D eigenvalue weighted by atomic mass is 10.2. The van der Waals surface area contributed by atoms with E-state index in [1.54, 1.807) is 6.07 Å². The molecule has 1 heterocycles. The first kappa shape index (κ1) is 15.1. The lowest BCUT2D eigenvalue weighted by Crippen LogP contribution is -2.12. The number of anilines is 1. The van der Waals surface area contributed by atoms with Crippen molar-refractivity contribution in [2.24, 2.45) is 0 Å². The molecule has 0 aliphatic carbocycles. The van der Waals surface area contributed by atoms with Gasteiger partial charge in [-0.05, 0) is 58.7 Å². The van der Waals surface area contributed by atoms with Gasteiger partial charge in [0.05, 0.1) is 5.69 Å². The predicted octanol–water partition coefficient (Wildman–Crippen LogP) is 4.74. The van der Waals surface area contributed by atoms with Crippen molar-refractivity contribution >= 4 is 50.2 Å². The third-order valence-corrected chi connectivity index (χ3v) is 4.09. The summed E-state index contributed by atoms with van der Waals surface area (Å²) in [5.74, 6) is 0.140. The molecule has 0 radical (unpaired) electrons. The number of nitrogens with one attached hydrogen (secondary N) is 1. The number of aryl methyl sites for hydroxylation is 1. The first-order valence-corrected chi connectivity index (χ1v) is 7.92. The molecule has 1 N–H and O–H groups in total. The van der Waals surface area contributed by atoms with Crippen LogP contribution in [0.4, 0.5) is 5.69 Å². The van der Waals surface area contributed by atoms with E-state index < -0.39 is 0 Å². The van der Waals surface area contributed by atoms with Crippen LogP contribution in [0.15, 0.2) is 45.3 Å². The maximum Gasteiger partial charge on any atom is 0.239 e.